The first-order valence-electron chi connectivity index (χ1n) is 9.98. The van der Waals surface area contributed by atoms with E-state index in [0.717, 1.165) is 16.8 Å². The van der Waals surface area contributed by atoms with Gasteiger partial charge in [0.2, 0.25) is 0 Å². The van der Waals surface area contributed by atoms with Gasteiger partial charge in [-0.15, -0.1) is 0 Å². The Morgan fingerprint density at radius 3 is 2.17 bits per heavy atom. The number of rotatable bonds is 6. The van der Waals surface area contributed by atoms with Crippen molar-refractivity contribution in [2.24, 2.45) is 0 Å². The first-order valence-corrected chi connectivity index (χ1v) is 9.98. The number of benzene rings is 3. The maximum Gasteiger partial charge on any atom is 0.265 e. The summed E-state index contributed by atoms with van der Waals surface area (Å²) in [5.74, 6) is 0.522. The highest BCUT2D eigenvalue weighted by atomic mass is 16.5. The lowest BCUT2D eigenvalue weighted by molar-refractivity contribution is -0.122. The summed E-state index contributed by atoms with van der Waals surface area (Å²) < 4.78 is 5.88. The lowest BCUT2D eigenvalue weighted by Crippen LogP contribution is -2.30. The monoisotopic (exact) mass is 387 g/mol. The van der Waals surface area contributed by atoms with Crippen LogP contribution in [0.3, 0.4) is 0 Å². The van der Waals surface area contributed by atoms with Crippen molar-refractivity contribution in [1.82, 2.24) is 0 Å². The maximum absolute atomic E-state index is 12.6. The summed E-state index contributed by atoms with van der Waals surface area (Å²) in [6.07, 6.45) is -0.595. The Labute approximate surface area is 173 Å². The fraction of sp³-hybridized carbons (Fsp3) is 0.269. The van der Waals surface area contributed by atoms with E-state index < -0.39 is 6.10 Å². The molecule has 0 aromatic heterocycles. The minimum atomic E-state index is -0.595. The molecule has 29 heavy (non-hydrogen) atoms. The second kappa shape index (κ2) is 8.52. The van der Waals surface area contributed by atoms with Gasteiger partial charge in [0.05, 0.1) is 0 Å². The quantitative estimate of drug-likeness (QED) is 0.560. The van der Waals surface area contributed by atoms with Crippen LogP contribution in [-0.2, 0) is 10.2 Å². The maximum atomic E-state index is 12.6. The van der Waals surface area contributed by atoms with E-state index in [1.165, 1.54) is 11.1 Å². The molecule has 3 rings (SSSR count). The number of anilines is 1. The third-order valence-corrected chi connectivity index (χ3v) is 5.40. The largest absolute Gasteiger partial charge is 0.481 e. The van der Waals surface area contributed by atoms with Crippen LogP contribution in [0.25, 0.3) is 0 Å². The summed E-state index contributed by atoms with van der Waals surface area (Å²) in [4.78, 5) is 12.6. The van der Waals surface area contributed by atoms with Crippen molar-refractivity contribution in [3.8, 4) is 5.75 Å². The first-order chi connectivity index (χ1) is 13.8. The second-order valence-corrected chi connectivity index (χ2v) is 8.08. The number of ether oxygens (including phenoxy) is 1. The number of nitrogens with one attached hydrogen (secondary N) is 1. The van der Waals surface area contributed by atoms with E-state index in [-0.39, 0.29) is 11.3 Å². The Morgan fingerprint density at radius 1 is 0.897 bits per heavy atom. The van der Waals surface area contributed by atoms with E-state index in [1.807, 2.05) is 50.2 Å². The lowest BCUT2D eigenvalue weighted by atomic mass is 9.78. The lowest BCUT2D eigenvalue weighted by Gasteiger charge is -2.26. The molecule has 3 heteroatoms. The number of carbonyl (C=O) groups is 1. The highest BCUT2D eigenvalue weighted by Crippen LogP contribution is 2.32. The molecule has 150 valence electrons. The summed E-state index contributed by atoms with van der Waals surface area (Å²) >= 11 is 0. The van der Waals surface area contributed by atoms with Gasteiger partial charge in [-0.1, -0.05) is 68.4 Å². The van der Waals surface area contributed by atoms with E-state index in [1.54, 1.807) is 6.92 Å². The van der Waals surface area contributed by atoms with Gasteiger partial charge in [0.1, 0.15) is 5.75 Å². The van der Waals surface area contributed by atoms with Crippen LogP contribution >= 0.6 is 0 Å². The van der Waals surface area contributed by atoms with Crippen LogP contribution in [0.2, 0.25) is 0 Å². The van der Waals surface area contributed by atoms with E-state index >= 15 is 0 Å². The Morgan fingerprint density at radius 2 is 1.52 bits per heavy atom. The molecule has 1 amide bonds. The average Bonchev–Trinajstić information content (AvgIpc) is 2.71. The zero-order valence-electron chi connectivity index (χ0n) is 17.8. The predicted octanol–water partition coefficient (Wildman–Crippen LogP) is 6.04. The van der Waals surface area contributed by atoms with Crippen LogP contribution in [0.15, 0.2) is 72.8 Å². The molecular formula is C26H29NO2. The standard InChI is InChI=1S/C26H29NO2/c1-18-11-12-19(2)24(17-18)27-25(28)20(3)29-23-15-13-22(14-16-23)26(4,5)21-9-7-6-8-10-21/h6-17,20H,1-5H3,(H,27,28). The molecule has 0 fully saturated rings. The fourth-order valence-electron chi connectivity index (χ4n) is 3.33. The second-order valence-electron chi connectivity index (χ2n) is 8.08. The van der Waals surface area contributed by atoms with Gasteiger partial charge in [-0.2, -0.15) is 0 Å². The van der Waals surface area contributed by atoms with Gasteiger partial charge in [-0.3, -0.25) is 4.79 Å². The number of carbonyl (C=O) groups excluding carboxylic acids is 1. The first kappa shape index (κ1) is 20.7. The van der Waals surface area contributed by atoms with Gasteiger partial charge in [-0.05, 0) is 61.2 Å². The van der Waals surface area contributed by atoms with Crippen LogP contribution in [0, 0.1) is 13.8 Å². The minimum Gasteiger partial charge on any atom is -0.481 e. The zero-order chi connectivity index (χ0) is 21.0. The molecule has 0 aliphatic carbocycles. The van der Waals surface area contributed by atoms with Gasteiger partial charge in [0, 0.05) is 11.1 Å². The molecule has 0 spiro atoms. The van der Waals surface area contributed by atoms with Gasteiger partial charge in [0.25, 0.3) is 5.91 Å². The van der Waals surface area contributed by atoms with Gasteiger partial charge < -0.3 is 10.1 Å². The summed E-state index contributed by atoms with van der Waals surface area (Å²) in [5.41, 5.74) is 5.31. The SMILES string of the molecule is Cc1ccc(C)c(NC(=O)C(C)Oc2ccc(C(C)(C)c3ccccc3)cc2)c1. The van der Waals surface area contributed by atoms with Crippen molar-refractivity contribution >= 4 is 11.6 Å². The van der Waals surface area contributed by atoms with Gasteiger partial charge >= 0.3 is 0 Å². The van der Waals surface area contributed by atoms with Crippen molar-refractivity contribution in [3.05, 3.63) is 95.1 Å². The number of hydrogen-bond acceptors (Lipinski definition) is 2. The minimum absolute atomic E-state index is 0.106. The molecule has 3 aromatic carbocycles. The number of amides is 1. The summed E-state index contributed by atoms with van der Waals surface area (Å²) in [6.45, 7) is 10.2. The van der Waals surface area contributed by atoms with Gasteiger partial charge in [-0.25, -0.2) is 0 Å². The molecule has 0 radical (unpaired) electrons. The average molecular weight is 388 g/mol. The van der Waals surface area contributed by atoms with E-state index in [4.69, 9.17) is 4.74 Å². The fourth-order valence-corrected chi connectivity index (χ4v) is 3.33. The highest BCUT2D eigenvalue weighted by molar-refractivity contribution is 5.94. The third kappa shape index (κ3) is 4.86. The molecule has 1 atom stereocenters. The molecule has 1 N–H and O–H groups in total. The topological polar surface area (TPSA) is 38.3 Å². The molecule has 0 bridgehead atoms. The molecule has 0 heterocycles. The van der Waals surface area contributed by atoms with Crippen LogP contribution in [0.5, 0.6) is 5.75 Å². The number of aryl methyl sites for hydroxylation is 2. The summed E-state index contributed by atoms with van der Waals surface area (Å²) in [5, 5.41) is 2.96. The van der Waals surface area contributed by atoms with Crippen LogP contribution in [0.1, 0.15) is 43.0 Å². The molecule has 0 saturated carbocycles. The van der Waals surface area contributed by atoms with Crippen molar-refractivity contribution in [2.75, 3.05) is 5.32 Å². The Kier molecular flexibility index (Phi) is 6.07. The molecule has 0 saturated heterocycles. The Bertz CT molecular complexity index is 975. The van der Waals surface area contributed by atoms with E-state index in [9.17, 15) is 4.79 Å². The predicted molar refractivity (Wildman–Crippen MR) is 120 cm³/mol. The summed E-state index contributed by atoms with van der Waals surface area (Å²) in [7, 11) is 0. The molecule has 3 aromatic rings. The highest BCUT2D eigenvalue weighted by Gasteiger charge is 2.23. The zero-order valence-corrected chi connectivity index (χ0v) is 17.8. The number of hydrogen-bond donors (Lipinski definition) is 1. The summed E-state index contributed by atoms with van der Waals surface area (Å²) in [6, 6.07) is 24.4. The molecule has 1 unspecified atom stereocenters. The molecule has 0 aliphatic rings. The van der Waals surface area contributed by atoms with Crippen molar-refractivity contribution in [1.29, 1.82) is 0 Å². The molecular weight excluding hydrogens is 358 g/mol. The molecule has 3 nitrogen and oxygen atoms in total. The van der Waals surface area contributed by atoms with E-state index in [0.29, 0.717) is 5.75 Å². The van der Waals surface area contributed by atoms with Crippen molar-refractivity contribution in [3.63, 3.8) is 0 Å². The van der Waals surface area contributed by atoms with Crippen molar-refractivity contribution < 1.29 is 9.53 Å². The van der Waals surface area contributed by atoms with Crippen LogP contribution in [-0.4, -0.2) is 12.0 Å². The third-order valence-electron chi connectivity index (χ3n) is 5.40. The Balaban J connectivity index is 1.67. The Hall–Kier alpha value is -3.07. The normalized spacial score (nSPS) is 12.3. The van der Waals surface area contributed by atoms with Gasteiger partial charge in [0.15, 0.2) is 6.10 Å². The van der Waals surface area contributed by atoms with Crippen LogP contribution in [0.4, 0.5) is 5.69 Å². The van der Waals surface area contributed by atoms with E-state index in [2.05, 4.69) is 55.6 Å². The molecule has 0 aliphatic heterocycles. The van der Waals surface area contributed by atoms with Crippen molar-refractivity contribution in [2.45, 2.75) is 46.1 Å². The van der Waals surface area contributed by atoms with Crippen LogP contribution < -0.4 is 10.1 Å². The smallest absolute Gasteiger partial charge is 0.265 e.